The van der Waals surface area contributed by atoms with Crippen LogP contribution in [0.25, 0.3) is 0 Å². The average Bonchev–Trinajstić information content (AvgIpc) is 2.73. The van der Waals surface area contributed by atoms with Gasteiger partial charge in [0.15, 0.2) is 0 Å². The fourth-order valence-corrected chi connectivity index (χ4v) is 2.57. The standard InChI is InChI=1S/C15H23N/c1-15(2,9-10-16-3)14-8-7-12-5-4-6-13(12)11-14/h7-8,11,16H,4-6,9-10H2,1-3H3. The zero-order valence-electron chi connectivity index (χ0n) is 10.8. The van der Waals surface area contributed by atoms with E-state index in [1.165, 1.54) is 31.2 Å². The van der Waals surface area contributed by atoms with Crippen molar-refractivity contribution < 1.29 is 0 Å². The van der Waals surface area contributed by atoms with Crippen LogP contribution in [0.1, 0.15) is 43.4 Å². The van der Waals surface area contributed by atoms with E-state index in [4.69, 9.17) is 0 Å². The molecule has 2 rings (SSSR count). The van der Waals surface area contributed by atoms with Crippen molar-refractivity contribution in [3.8, 4) is 0 Å². The van der Waals surface area contributed by atoms with Gasteiger partial charge in [0.25, 0.3) is 0 Å². The van der Waals surface area contributed by atoms with Gasteiger partial charge in [0, 0.05) is 0 Å². The summed E-state index contributed by atoms with van der Waals surface area (Å²) in [6, 6.07) is 7.12. The van der Waals surface area contributed by atoms with Gasteiger partial charge in [0.05, 0.1) is 0 Å². The number of aryl methyl sites for hydroxylation is 2. The zero-order chi connectivity index (χ0) is 11.6. The summed E-state index contributed by atoms with van der Waals surface area (Å²) in [6.45, 7) is 5.78. The first-order valence-electron chi connectivity index (χ1n) is 6.40. The summed E-state index contributed by atoms with van der Waals surface area (Å²) < 4.78 is 0. The Morgan fingerprint density at radius 2 is 1.94 bits per heavy atom. The number of benzene rings is 1. The molecule has 88 valence electrons. The van der Waals surface area contributed by atoms with Gasteiger partial charge >= 0.3 is 0 Å². The van der Waals surface area contributed by atoms with Crippen molar-refractivity contribution in [1.29, 1.82) is 0 Å². The Hall–Kier alpha value is -0.820. The summed E-state index contributed by atoms with van der Waals surface area (Å²) in [5.41, 5.74) is 4.97. The third-order valence-corrected chi connectivity index (χ3v) is 3.88. The highest BCUT2D eigenvalue weighted by Gasteiger charge is 2.21. The number of rotatable bonds is 4. The largest absolute Gasteiger partial charge is 0.320 e. The van der Waals surface area contributed by atoms with Crippen LogP contribution in [-0.2, 0) is 18.3 Å². The Balaban J connectivity index is 2.20. The minimum atomic E-state index is 0.292. The van der Waals surface area contributed by atoms with Crippen molar-refractivity contribution in [2.45, 2.75) is 44.9 Å². The molecule has 0 bridgehead atoms. The summed E-state index contributed by atoms with van der Waals surface area (Å²) in [7, 11) is 2.03. The Kier molecular flexibility index (Phi) is 3.34. The molecule has 1 aliphatic carbocycles. The maximum Gasteiger partial charge on any atom is -0.00436 e. The quantitative estimate of drug-likeness (QED) is 0.817. The third-order valence-electron chi connectivity index (χ3n) is 3.88. The molecule has 0 heterocycles. The molecule has 0 radical (unpaired) electrons. The van der Waals surface area contributed by atoms with Crippen LogP contribution in [0.3, 0.4) is 0 Å². The lowest BCUT2D eigenvalue weighted by Crippen LogP contribution is -2.23. The van der Waals surface area contributed by atoms with E-state index in [1.54, 1.807) is 11.1 Å². The van der Waals surface area contributed by atoms with E-state index >= 15 is 0 Å². The van der Waals surface area contributed by atoms with Gasteiger partial charge < -0.3 is 5.32 Å². The van der Waals surface area contributed by atoms with E-state index in [0.717, 1.165) is 6.54 Å². The van der Waals surface area contributed by atoms with Crippen molar-refractivity contribution >= 4 is 0 Å². The van der Waals surface area contributed by atoms with Crippen molar-refractivity contribution in [3.05, 3.63) is 34.9 Å². The lowest BCUT2D eigenvalue weighted by atomic mass is 9.80. The fraction of sp³-hybridized carbons (Fsp3) is 0.600. The summed E-state index contributed by atoms with van der Waals surface area (Å²) in [5, 5.41) is 3.25. The van der Waals surface area contributed by atoms with Gasteiger partial charge in [-0.3, -0.25) is 0 Å². The van der Waals surface area contributed by atoms with Crippen LogP contribution in [0.4, 0.5) is 0 Å². The second-order valence-corrected chi connectivity index (χ2v) is 5.57. The van der Waals surface area contributed by atoms with E-state index in [0.29, 0.717) is 5.41 Å². The molecule has 0 amide bonds. The van der Waals surface area contributed by atoms with Crippen LogP contribution >= 0.6 is 0 Å². The molecule has 1 aliphatic rings. The van der Waals surface area contributed by atoms with Crippen LogP contribution in [0.5, 0.6) is 0 Å². The van der Waals surface area contributed by atoms with E-state index < -0.39 is 0 Å². The van der Waals surface area contributed by atoms with Gasteiger partial charge in [-0.2, -0.15) is 0 Å². The maximum atomic E-state index is 3.25. The Morgan fingerprint density at radius 3 is 2.69 bits per heavy atom. The van der Waals surface area contributed by atoms with Crippen molar-refractivity contribution in [1.82, 2.24) is 5.32 Å². The number of fused-ring (bicyclic) bond motifs is 1. The maximum absolute atomic E-state index is 3.25. The molecule has 1 aromatic carbocycles. The minimum absolute atomic E-state index is 0.292. The summed E-state index contributed by atoms with van der Waals surface area (Å²) in [6.07, 6.45) is 5.11. The zero-order valence-corrected chi connectivity index (χ0v) is 10.8. The Morgan fingerprint density at radius 1 is 1.19 bits per heavy atom. The SMILES string of the molecule is CNCCC(C)(C)c1ccc2c(c1)CCC2. The van der Waals surface area contributed by atoms with E-state index in [2.05, 4.69) is 37.4 Å². The molecule has 0 aromatic heterocycles. The van der Waals surface area contributed by atoms with Crippen LogP contribution in [0.2, 0.25) is 0 Å². The smallest absolute Gasteiger partial charge is 0.00436 e. The van der Waals surface area contributed by atoms with Gasteiger partial charge in [0.2, 0.25) is 0 Å². The lowest BCUT2D eigenvalue weighted by molar-refractivity contribution is 0.468. The highest BCUT2D eigenvalue weighted by molar-refractivity contribution is 5.38. The van der Waals surface area contributed by atoms with Crippen LogP contribution in [0, 0.1) is 0 Å². The van der Waals surface area contributed by atoms with E-state index in [1.807, 2.05) is 7.05 Å². The lowest BCUT2D eigenvalue weighted by Gasteiger charge is -2.26. The predicted molar refractivity (Wildman–Crippen MR) is 70.0 cm³/mol. The molecule has 1 nitrogen and oxygen atoms in total. The molecule has 0 aliphatic heterocycles. The topological polar surface area (TPSA) is 12.0 Å². The molecule has 1 aromatic rings. The second kappa shape index (κ2) is 4.58. The molecule has 0 saturated heterocycles. The number of hydrogen-bond acceptors (Lipinski definition) is 1. The number of hydrogen-bond donors (Lipinski definition) is 1. The van der Waals surface area contributed by atoms with Crippen LogP contribution in [-0.4, -0.2) is 13.6 Å². The van der Waals surface area contributed by atoms with Gasteiger partial charge in [0.1, 0.15) is 0 Å². The molecule has 1 heteroatoms. The normalized spacial score (nSPS) is 15.2. The van der Waals surface area contributed by atoms with E-state index in [-0.39, 0.29) is 0 Å². The summed E-state index contributed by atoms with van der Waals surface area (Å²) in [5.74, 6) is 0. The molecule has 1 N–H and O–H groups in total. The first-order valence-corrected chi connectivity index (χ1v) is 6.40. The first-order chi connectivity index (χ1) is 7.63. The van der Waals surface area contributed by atoms with Gasteiger partial charge in [-0.05, 0) is 61.4 Å². The van der Waals surface area contributed by atoms with Gasteiger partial charge in [-0.15, -0.1) is 0 Å². The second-order valence-electron chi connectivity index (χ2n) is 5.57. The van der Waals surface area contributed by atoms with Crippen LogP contribution in [0.15, 0.2) is 18.2 Å². The highest BCUT2D eigenvalue weighted by atomic mass is 14.8. The highest BCUT2D eigenvalue weighted by Crippen LogP contribution is 2.31. The monoisotopic (exact) mass is 217 g/mol. The molecule has 16 heavy (non-hydrogen) atoms. The molecular formula is C15H23N. The molecule has 0 spiro atoms. The van der Waals surface area contributed by atoms with Crippen molar-refractivity contribution in [2.75, 3.05) is 13.6 Å². The Bertz CT molecular complexity index is 366. The molecule has 0 saturated carbocycles. The first kappa shape index (κ1) is 11.7. The number of nitrogens with one attached hydrogen (secondary N) is 1. The average molecular weight is 217 g/mol. The van der Waals surface area contributed by atoms with E-state index in [9.17, 15) is 0 Å². The molecule has 0 unspecified atom stereocenters. The third kappa shape index (κ3) is 2.30. The predicted octanol–water partition coefficient (Wildman–Crippen LogP) is 3.06. The summed E-state index contributed by atoms with van der Waals surface area (Å²) in [4.78, 5) is 0. The molecule has 0 fully saturated rings. The minimum Gasteiger partial charge on any atom is -0.320 e. The summed E-state index contributed by atoms with van der Waals surface area (Å²) >= 11 is 0. The molecular weight excluding hydrogens is 194 g/mol. The molecule has 0 atom stereocenters. The van der Waals surface area contributed by atoms with Crippen molar-refractivity contribution in [2.24, 2.45) is 0 Å². The van der Waals surface area contributed by atoms with Gasteiger partial charge in [-0.1, -0.05) is 32.0 Å². The Labute approximate surface area is 99.3 Å². The van der Waals surface area contributed by atoms with Crippen molar-refractivity contribution in [3.63, 3.8) is 0 Å². The fourth-order valence-electron chi connectivity index (χ4n) is 2.57. The van der Waals surface area contributed by atoms with Gasteiger partial charge in [-0.25, -0.2) is 0 Å². The van der Waals surface area contributed by atoms with Crippen LogP contribution < -0.4 is 5.32 Å².